The predicted octanol–water partition coefficient (Wildman–Crippen LogP) is 3.20. The SMILES string of the molecule is CN(C)C(CC=O)(Cc1ccccc1)Cc1ccc(N2CCOCC2)cc1. The van der Waals surface area contributed by atoms with Gasteiger partial charge in [-0.1, -0.05) is 42.5 Å². The molecule has 2 aromatic carbocycles. The van der Waals surface area contributed by atoms with Crippen LogP contribution in [0.2, 0.25) is 0 Å². The zero-order chi connectivity index (χ0) is 19.1. The van der Waals surface area contributed by atoms with Gasteiger partial charge < -0.3 is 19.3 Å². The van der Waals surface area contributed by atoms with E-state index < -0.39 is 0 Å². The predicted molar refractivity (Wildman–Crippen MR) is 110 cm³/mol. The second-order valence-corrected chi connectivity index (χ2v) is 7.59. The Labute approximate surface area is 162 Å². The number of carbonyl (C=O) groups is 1. The van der Waals surface area contributed by atoms with E-state index in [1.54, 1.807) is 0 Å². The van der Waals surface area contributed by atoms with Crippen molar-refractivity contribution in [2.75, 3.05) is 45.3 Å². The van der Waals surface area contributed by atoms with Gasteiger partial charge in [-0.25, -0.2) is 0 Å². The first kappa shape index (κ1) is 19.6. The Bertz CT molecular complexity index is 709. The van der Waals surface area contributed by atoms with Gasteiger partial charge in [-0.15, -0.1) is 0 Å². The summed E-state index contributed by atoms with van der Waals surface area (Å²) in [5.41, 5.74) is 3.55. The largest absolute Gasteiger partial charge is 0.378 e. The molecule has 1 fully saturated rings. The van der Waals surface area contributed by atoms with Gasteiger partial charge in [0.1, 0.15) is 6.29 Å². The second-order valence-electron chi connectivity index (χ2n) is 7.59. The molecule has 1 atom stereocenters. The number of hydrogen-bond acceptors (Lipinski definition) is 4. The molecule has 0 amide bonds. The van der Waals surface area contributed by atoms with Crippen molar-refractivity contribution < 1.29 is 9.53 Å². The van der Waals surface area contributed by atoms with Gasteiger partial charge in [0.05, 0.1) is 13.2 Å². The number of hydrogen-bond donors (Lipinski definition) is 0. The third-order valence-corrected chi connectivity index (χ3v) is 5.63. The molecule has 27 heavy (non-hydrogen) atoms. The summed E-state index contributed by atoms with van der Waals surface area (Å²) in [6, 6.07) is 19.3. The van der Waals surface area contributed by atoms with Gasteiger partial charge in [-0.05, 0) is 50.2 Å². The molecular formula is C23H30N2O2. The number of carbonyl (C=O) groups excluding carboxylic acids is 1. The molecule has 0 spiro atoms. The molecule has 0 aromatic heterocycles. The fourth-order valence-corrected chi connectivity index (χ4v) is 3.86. The molecule has 2 aromatic rings. The Kier molecular flexibility index (Phi) is 6.64. The Balaban J connectivity index is 1.79. The molecule has 1 aliphatic rings. The van der Waals surface area contributed by atoms with E-state index in [2.05, 4.69) is 72.4 Å². The third-order valence-electron chi connectivity index (χ3n) is 5.63. The van der Waals surface area contributed by atoms with E-state index in [1.165, 1.54) is 16.8 Å². The average molecular weight is 367 g/mol. The lowest BCUT2D eigenvalue weighted by molar-refractivity contribution is -0.110. The van der Waals surface area contributed by atoms with E-state index in [0.717, 1.165) is 45.4 Å². The van der Waals surface area contributed by atoms with E-state index in [0.29, 0.717) is 6.42 Å². The highest BCUT2D eigenvalue weighted by molar-refractivity contribution is 5.53. The molecule has 1 heterocycles. The number of ether oxygens (including phenoxy) is 1. The number of morpholine rings is 1. The van der Waals surface area contributed by atoms with Crippen molar-refractivity contribution in [3.8, 4) is 0 Å². The monoisotopic (exact) mass is 366 g/mol. The van der Waals surface area contributed by atoms with Gasteiger partial charge >= 0.3 is 0 Å². The summed E-state index contributed by atoms with van der Waals surface area (Å²) in [5.74, 6) is 0. The molecule has 1 saturated heterocycles. The van der Waals surface area contributed by atoms with Gasteiger partial charge in [0.2, 0.25) is 0 Å². The van der Waals surface area contributed by atoms with Crippen LogP contribution in [0.4, 0.5) is 5.69 Å². The van der Waals surface area contributed by atoms with Gasteiger partial charge in [0.25, 0.3) is 0 Å². The highest BCUT2D eigenvalue weighted by atomic mass is 16.5. The minimum atomic E-state index is -0.219. The highest BCUT2D eigenvalue weighted by Gasteiger charge is 2.33. The Morgan fingerprint density at radius 1 is 0.963 bits per heavy atom. The van der Waals surface area contributed by atoms with E-state index >= 15 is 0 Å². The Hall–Kier alpha value is -2.17. The molecule has 0 saturated carbocycles. The summed E-state index contributed by atoms with van der Waals surface area (Å²) >= 11 is 0. The van der Waals surface area contributed by atoms with Gasteiger partial charge in [0, 0.05) is 30.7 Å². The molecule has 0 aliphatic carbocycles. The van der Waals surface area contributed by atoms with Crippen LogP contribution in [0, 0.1) is 0 Å². The zero-order valence-corrected chi connectivity index (χ0v) is 16.4. The van der Waals surface area contributed by atoms with E-state index in [1.807, 2.05) is 6.07 Å². The zero-order valence-electron chi connectivity index (χ0n) is 16.4. The van der Waals surface area contributed by atoms with Crippen LogP contribution in [0.1, 0.15) is 17.5 Å². The topological polar surface area (TPSA) is 32.8 Å². The van der Waals surface area contributed by atoms with Crippen LogP contribution < -0.4 is 4.90 Å². The Morgan fingerprint density at radius 2 is 1.56 bits per heavy atom. The van der Waals surface area contributed by atoms with Gasteiger partial charge in [0.15, 0.2) is 0 Å². The quantitative estimate of drug-likeness (QED) is 0.672. The first-order valence-corrected chi connectivity index (χ1v) is 9.70. The molecule has 1 unspecified atom stereocenters. The Morgan fingerprint density at radius 3 is 2.11 bits per heavy atom. The fourth-order valence-electron chi connectivity index (χ4n) is 3.86. The molecule has 4 nitrogen and oxygen atoms in total. The van der Waals surface area contributed by atoms with Crippen molar-refractivity contribution in [3.05, 3.63) is 65.7 Å². The normalized spacial score (nSPS) is 16.9. The number of aldehydes is 1. The lowest BCUT2D eigenvalue weighted by Crippen LogP contribution is -2.48. The van der Waals surface area contributed by atoms with Gasteiger partial charge in [-0.2, -0.15) is 0 Å². The van der Waals surface area contributed by atoms with E-state index in [9.17, 15) is 4.79 Å². The fraction of sp³-hybridized carbons (Fsp3) is 0.435. The first-order chi connectivity index (χ1) is 13.1. The molecule has 144 valence electrons. The molecular weight excluding hydrogens is 336 g/mol. The van der Waals surface area contributed by atoms with Crippen molar-refractivity contribution >= 4 is 12.0 Å². The van der Waals surface area contributed by atoms with Crippen molar-refractivity contribution in [2.24, 2.45) is 0 Å². The van der Waals surface area contributed by atoms with Crippen LogP contribution in [-0.2, 0) is 22.4 Å². The summed E-state index contributed by atoms with van der Waals surface area (Å²) < 4.78 is 5.44. The molecule has 3 rings (SSSR count). The van der Waals surface area contributed by atoms with Crippen molar-refractivity contribution in [1.29, 1.82) is 0 Å². The van der Waals surface area contributed by atoms with E-state index in [4.69, 9.17) is 4.74 Å². The molecule has 0 N–H and O–H groups in total. The van der Waals surface area contributed by atoms with Crippen LogP contribution in [0.3, 0.4) is 0 Å². The van der Waals surface area contributed by atoms with Crippen molar-refractivity contribution in [3.63, 3.8) is 0 Å². The number of benzene rings is 2. The summed E-state index contributed by atoms with van der Waals surface area (Å²) in [7, 11) is 4.16. The standard InChI is InChI=1S/C23H30N2O2/c1-24(2)23(12-15-26,18-20-6-4-3-5-7-20)19-21-8-10-22(11-9-21)25-13-16-27-17-14-25/h3-11,15H,12-14,16-19H2,1-2H3. The maximum Gasteiger partial charge on any atom is 0.121 e. The average Bonchev–Trinajstić information content (AvgIpc) is 2.70. The highest BCUT2D eigenvalue weighted by Crippen LogP contribution is 2.28. The number of rotatable bonds is 8. The van der Waals surface area contributed by atoms with Crippen LogP contribution in [-0.4, -0.2) is 57.1 Å². The third kappa shape index (κ3) is 4.96. The van der Waals surface area contributed by atoms with Crippen molar-refractivity contribution in [2.45, 2.75) is 24.8 Å². The number of anilines is 1. The van der Waals surface area contributed by atoms with Crippen molar-refractivity contribution in [1.82, 2.24) is 4.90 Å². The van der Waals surface area contributed by atoms with Crippen LogP contribution in [0.5, 0.6) is 0 Å². The van der Waals surface area contributed by atoms with Crippen LogP contribution in [0.25, 0.3) is 0 Å². The van der Waals surface area contributed by atoms with Gasteiger partial charge in [-0.3, -0.25) is 0 Å². The lowest BCUT2D eigenvalue weighted by atomic mass is 9.81. The van der Waals surface area contributed by atoms with Crippen LogP contribution >= 0.6 is 0 Å². The lowest BCUT2D eigenvalue weighted by Gasteiger charge is -2.39. The summed E-state index contributed by atoms with van der Waals surface area (Å²) in [5, 5.41) is 0. The minimum Gasteiger partial charge on any atom is -0.378 e. The minimum absolute atomic E-state index is 0.219. The molecule has 4 heteroatoms. The maximum atomic E-state index is 11.5. The summed E-state index contributed by atoms with van der Waals surface area (Å²) in [4.78, 5) is 16.1. The second kappa shape index (κ2) is 9.16. The maximum absolute atomic E-state index is 11.5. The number of likely N-dealkylation sites (N-methyl/N-ethyl adjacent to an activating group) is 1. The molecule has 0 bridgehead atoms. The summed E-state index contributed by atoms with van der Waals surface area (Å²) in [6.07, 6.45) is 3.27. The first-order valence-electron chi connectivity index (χ1n) is 9.70. The molecule has 1 aliphatic heterocycles. The molecule has 0 radical (unpaired) electrons. The van der Waals surface area contributed by atoms with E-state index in [-0.39, 0.29) is 5.54 Å². The smallest absolute Gasteiger partial charge is 0.121 e. The van der Waals surface area contributed by atoms with Crippen LogP contribution in [0.15, 0.2) is 54.6 Å². The number of nitrogens with zero attached hydrogens (tertiary/aromatic N) is 2. The summed E-state index contributed by atoms with van der Waals surface area (Å²) in [6.45, 7) is 3.48.